The van der Waals surface area contributed by atoms with E-state index >= 15 is 0 Å². The Hall–Kier alpha value is -1.13. The van der Waals surface area contributed by atoms with Gasteiger partial charge in [0.05, 0.1) is 5.54 Å². The van der Waals surface area contributed by atoms with Crippen LogP contribution in [0.2, 0.25) is 0 Å². The number of benzene rings is 1. The minimum atomic E-state index is -0.451. The quantitative estimate of drug-likeness (QED) is 0.931. The average molecular weight is 301 g/mol. The van der Waals surface area contributed by atoms with Gasteiger partial charge in [-0.3, -0.25) is 4.79 Å². The molecule has 112 valence electrons. The fourth-order valence-corrected chi connectivity index (χ4v) is 2.60. The third kappa shape index (κ3) is 3.93. The lowest BCUT2D eigenvalue weighted by molar-refractivity contribution is -0.137. The van der Waals surface area contributed by atoms with Gasteiger partial charge in [0.15, 0.2) is 0 Å². The third-order valence-corrected chi connectivity index (χ3v) is 3.77. The van der Waals surface area contributed by atoms with Crippen LogP contribution in [0.15, 0.2) is 24.3 Å². The molecule has 1 aliphatic rings. The van der Waals surface area contributed by atoms with Crippen molar-refractivity contribution < 1.29 is 9.18 Å². The smallest absolute Gasteiger partial charge is 0.242 e. The number of nitrogens with one attached hydrogen (secondary N) is 1. The summed E-state index contributed by atoms with van der Waals surface area (Å²) < 4.78 is 12.8. The van der Waals surface area contributed by atoms with E-state index in [0.29, 0.717) is 6.54 Å². The Bertz CT molecular complexity index is 444. The Morgan fingerprint density at radius 3 is 2.55 bits per heavy atom. The topological polar surface area (TPSA) is 32.3 Å². The van der Waals surface area contributed by atoms with Crippen LogP contribution in [0.3, 0.4) is 0 Å². The van der Waals surface area contributed by atoms with Gasteiger partial charge in [-0.25, -0.2) is 4.39 Å². The first-order valence-electron chi connectivity index (χ1n) is 6.76. The molecule has 1 aromatic rings. The molecule has 2 rings (SSSR count). The van der Waals surface area contributed by atoms with Crippen LogP contribution in [0.1, 0.15) is 31.7 Å². The zero-order valence-corrected chi connectivity index (χ0v) is 12.8. The summed E-state index contributed by atoms with van der Waals surface area (Å²) in [4.78, 5) is 14.2. The van der Waals surface area contributed by atoms with E-state index in [-0.39, 0.29) is 24.1 Å². The maximum Gasteiger partial charge on any atom is 0.242 e. The first-order valence-corrected chi connectivity index (χ1v) is 6.76. The van der Waals surface area contributed by atoms with Gasteiger partial charge in [0.25, 0.3) is 0 Å². The molecule has 1 atom stereocenters. The second-order valence-electron chi connectivity index (χ2n) is 5.50. The summed E-state index contributed by atoms with van der Waals surface area (Å²) in [6, 6.07) is 6.29. The number of carbonyl (C=O) groups is 1. The van der Waals surface area contributed by atoms with Crippen LogP contribution in [0.5, 0.6) is 0 Å². The minimum absolute atomic E-state index is 0. The van der Waals surface area contributed by atoms with E-state index in [1.807, 2.05) is 6.92 Å². The number of hydrogen-bond acceptors (Lipinski definition) is 2. The summed E-state index contributed by atoms with van der Waals surface area (Å²) in [7, 11) is 1.80. The second kappa shape index (κ2) is 7.04. The van der Waals surface area contributed by atoms with Crippen molar-refractivity contribution in [2.75, 3.05) is 13.6 Å². The van der Waals surface area contributed by atoms with Crippen molar-refractivity contribution in [1.29, 1.82) is 0 Å². The molecule has 3 nitrogen and oxygen atoms in total. The average Bonchev–Trinajstić information content (AvgIpc) is 2.41. The van der Waals surface area contributed by atoms with Crippen molar-refractivity contribution in [2.45, 2.75) is 38.3 Å². The number of rotatable bonds is 3. The monoisotopic (exact) mass is 300 g/mol. The molecule has 1 saturated heterocycles. The largest absolute Gasteiger partial charge is 0.340 e. The Morgan fingerprint density at radius 2 is 2.00 bits per heavy atom. The molecule has 1 aromatic carbocycles. The Labute approximate surface area is 125 Å². The maximum absolute atomic E-state index is 12.8. The van der Waals surface area contributed by atoms with E-state index in [1.54, 1.807) is 24.1 Å². The zero-order valence-electron chi connectivity index (χ0n) is 12.0. The Kier molecular flexibility index (Phi) is 5.96. The molecule has 0 bridgehead atoms. The van der Waals surface area contributed by atoms with Gasteiger partial charge in [0, 0.05) is 13.6 Å². The standard InChI is InChI=1S/C15H21FN2O.ClH/c1-15(9-3-4-10-17-15)14(19)18(2)11-12-5-7-13(16)8-6-12;/h5-8,17H,3-4,9-11H2,1-2H3;1H. The molecule has 0 radical (unpaired) electrons. The van der Waals surface area contributed by atoms with Gasteiger partial charge in [-0.15, -0.1) is 12.4 Å². The SMILES string of the molecule is CN(Cc1ccc(F)cc1)C(=O)C1(C)CCCCN1.Cl. The third-order valence-electron chi connectivity index (χ3n) is 3.77. The van der Waals surface area contributed by atoms with Gasteiger partial charge >= 0.3 is 0 Å². The van der Waals surface area contributed by atoms with Crippen molar-refractivity contribution in [2.24, 2.45) is 0 Å². The van der Waals surface area contributed by atoms with Crippen molar-refractivity contribution in [3.05, 3.63) is 35.6 Å². The van der Waals surface area contributed by atoms with E-state index < -0.39 is 5.54 Å². The lowest BCUT2D eigenvalue weighted by Gasteiger charge is -2.36. The lowest BCUT2D eigenvalue weighted by atomic mass is 9.89. The summed E-state index contributed by atoms with van der Waals surface area (Å²) in [6.45, 7) is 3.37. The molecule has 1 aliphatic heterocycles. The zero-order chi connectivity index (χ0) is 13.9. The highest BCUT2D eigenvalue weighted by Crippen LogP contribution is 2.21. The van der Waals surface area contributed by atoms with Crippen molar-refractivity contribution >= 4 is 18.3 Å². The number of nitrogens with zero attached hydrogens (tertiary/aromatic N) is 1. The van der Waals surface area contributed by atoms with Crippen LogP contribution in [-0.2, 0) is 11.3 Å². The fourth-order valence-electron chi connectivity index (χ4n) is 2.60. The van der Waals surface area contributed by atoms with E-state index in [4.69, 9.17) is 0 Å². The van der Waals surface area contributed by atoms with Crippen LogP contribution in [-0.4, -0.2) is 29.9 Å². The molecule has 0 aliphatic carbocycles. The van der Waals surface area contributed by atoms with Crippen LogP contribution in [0.25, 0.3) is 0 Å². The van der Waals surface area contributed by atoms with Gasteiger partial charge in [0.1, 0.15) is 5.82 Å². The Morgan fingerprint density at radius 1 is 1.35 bits per heavy atom. The molecule has 1 fully saturated rings. The summed E-state index contributed by atoms with van der Waals surface area (Å²) in [5.41, 5.74) is 0.490. The van der Waals surface area contributed by atoms with Gasteiger partial charge in [0.2, 0.25) is 5.91 Å². The molecule has 0 saturated carbocycles. The number of likely N-dealkylation sites (N-methyl/N-ethyl adjacent to an activating group) is 1. The van der Waals surface area contributed by atoms with E-state index in [1.165, 1.54) is 12.1 Å². The predicted octanol–water partition coefficient (Wildman–Crippen LogP) is 2.74. The normalized spacial score (nSPS) is 21.9. The molecule has 1 unspecified atom stereocenters. The van der Waals surface area contributed by atoms with Crippen molar-refractivity contribution in [3.63, 3.8) is 0 Å². The molecule has 1 N–H and O–H groups in total. The number of piperidine rings is 1. The second-order valence-corrected chi connectivity index (χ2v) is 5.50. The Balaban J connectivity index is 0.00000200. The van der Waals surface area contributed by atoms with Gasteiger partial charge < -0.3 is 10.2 Å². The van der Waals surface area contributed by atoms with Crippen molar-refractivity contribution in [1.82, 2.24) is 10.2 Å². The highest BCUT2D eigenvalue weighted by molar-refractivity contribution is 5.86. The van der Waals surface area contributed by atoms with E-state index in [9.17, 15) is 9.18 Å². The van der Waals surface area contributed by atoms with E-state index in [0.717, 1.165) is 31.4 Å². The number of hydrogen-bond donors (Lipinski definition) is 1. The summed E-state index contributed by atoms with van der Waals surface area (Å²) >= 11 is 0. The summed E-state index contributed by atoms with van der Waals surface area (Å²) in [6.07, 6.45) is 3.09. The fraction of sp³-hybridized carbons (Fsp3) is 0.533. The number of amides is 1. The van der Waals surface area contributed by atoms with E-state index in [2.05, 4.69) is 5.32 Å². The molecule has 20 heavy (non-hydrogen) atoms. The molecule has 1 heterocycles. The molecule has 0 aromatic heterocycles. The van der Waals surface area contributed by atoms with Gasteiger partial charge in [-0.05, 0) is 50.4 Å². The van der Waals surface area contributed by atoms with Gasteiger partial charge in [-0.2, -0.15) is 0 Å². The summed E-state index contributed by atoms with van der Waals surface area (Å²) in [5, 5.41) is 3.32. The molecule has 1 amide bonds. The van der Waals surface area contributed by atoms with Crippen LogP contribution in [0.4, 0.5) is 4.39 Å². The first kappa shape index (κ1) is 16.9. The molecular formula is C15H22ClFN2O. The van der Waals surface area contributed by atoms with Crippen LogP contribution in [0, 0.1) is 5.82 Å². The highest BCUT2D eigenvalue weighted by atomic mass is 35.5. The number of halogens is 2. The minimum Gasteiger partial charge on any atom is -0.340 e. The highest BCUT2D eigenvalue weighted by Gasteiger charge is 2.36. The number of carbonyl (C=O) groups excluding carboxylic acids is 1. The molecule has 5 heteroatoms. The summed E-state index contributed by atoms with van der Waals surface area (Å²) in [5.74, 6) is -0.143. The molecular weight excluding hydrogens is 279 g/mol. The van der Waals surface area contributed by atoms with Crippen molar-refractivity contribution in [3.8, 4) is 0 Å². The lowest BCUT2D eigenvalue weighted by Crippen LogP contribution is -2.57. The van der Waals surface area contributed by atoms with Gasteiger partial charge in [-0.1, -0.05) is 12.1 Å². The molecule has 0 spiro atoms. The first-order chi connectivity index (χ1) is 9.01. The predicted molar refractivity (Wildman–Crippen MR) is 80.4 cm³/mol. The van der Waals surface area contributed by atoms with Crippen LogP contribution >= 0.6 is 12.4 Å². The maximum atomic E-state index is 12.8. The van der Waals surface area contributed by atoms with Crippen LogP contribution < -0.4 is 5.32 Å².